The largest absolute Gasteiger partial charge is 0.367 e. The highest BCUT2D eigenvalue weighted by Gasteiger charge is 2.32. The number of nitrogens with zero attached hydrogens (tertiary/aromatic N) is 3. The normalized spacial score (nSPS) is 14.5. The Balaban J connectivity index is 1.99. The molecule has 3 rings (SSSR count). The van der Waals surface area contributed by atoms with Gasteiger partial charge >= 0.3 is 0 Å². The van der Waals surface area contributed by atoms with Gasteiger partial charge in [-0.05, 0) is 49.1 Å². The number of halogens is 1. The molecule has 0 spiro atoms. The van der Waals surface area contributed by atoms with Gasteiger partial charge in [0.1, 0.15) is 27.6 Å². The molecule has 1 aromatic carbocycles. The predicted molar refractivity (Wildman–Crippen MR) is 153 cm³/mol. The van der Waals surface area contributed by atoms with Crippen molar-refractivity contribution in [2.45, 2.75) is 72.4 Å². The Kier molecular flexibility index (Phi) is 10.5. The molecule has 1 aliphatic heterocycles. The molecule has 0 radical (unpaired) electrons. The first kappa shape index (κ1) is 28.6. The number of unbranched alkanes of at least 4 members (excludes halogenated alkanes) is 4. The average molecular weight is 541 g/mol. The lowest BCUT2D eigenvalue weighted by Gasteiger charge is -2.20. The maximum atomic E-state index is 13.4. The Labute approximate surface area is 227 Å². The van der Waals surface area contributed by atoms with Gasteiger partial charge in [-0.25, -0.2) is 4.39 Å². The number of nitriles is 1. The van der Waals surface area contributed by atoms with Crippen molar-refractivity contribution in [3.63, 3.8) is 0 Å². The van der Waals surface area contributed by atoms with Gasteiger partial charge in [0.25, 0.3) is 11.5 Å². The van der Waals surface area contributed by atoms with Gasteiger partial charge in [0.2, 0.25) is 0 Å². The van der Waals surface area contributed by atoms with Gasteiger partial charge in [0.15, 0.2) is 0 Å². The minimum absolute atomic E-state index is 0.0541. The van der Waals surface area contributed by atoms with E-state index in [-0.39, 0.29) is 22.8 Å². The first-order chi connectivity index (χ1) is 17.8. The molecule has 196 valence electrons. The molecular formula is C28H33FN4O2S2. The van der Waals surface area contributed by atoms with Crippen molar-refractivity contribution in [2.75, 3.05) is 11.9 Å². The van der Waals surface area contributed by atoms with Crippen molar-refractivity contribution in [1.82, 2.24) is 9.47 Å². The predicted octanol–water partition coefficient (Wildman–Crippen LogP) is 6.36. The van der Waals surface area contributed by atoms with Gasteiger partial charge in [-0.2, -0.15) is 5.26 Å². The number of rotatable bonds is 12. The van der Waals surface area contributed by atoms with E-state index in [0.717, 1.165) is 31.2 Å². The monoisotopic (exact) mass is 540 g/mol. The van der Waals surface area contributed by atoms with Gasteiger partial charge in [-0.15, -0.1) is 0 Å². The number of anilines is 1. The van der Waals surface area contributed by atoms with E-state index in [1.54, 1.807) is 34.6 Å². The number of carbonyl (C=O) groups is 1. The van der Waals surface area contributed by atoms with Crippen molar-refractivity contribution < 1.29 is 9.18 Å². The third-order valence-corrected chi connectivity index (χ3v) is 7.71. The Hall–Kier alpha value is -2.96. The molecule has 0 aliphatic carbocycles. The first-order valence-corrected chi connectivity index (χ1v) is 14.0. The summed E-state index contributed by atoms with van der Waals surface area (Å²) in [5.41, 5.74) is 1.62. The van der Waals surface area contributed by atoms with Crippen molar-refractivity contribution in [2.24, 2.45) is 0 Å². The molecule has 1 aromatic heterocycles. The quantitative estimate of drug-likeness (QED) is 0.192. The Morgan fingerprint density at radius 2 is 1.78 bits per heavy atom. The minimum Gasteiger partial charge on any atom is -0.367 e. The smallest absolute Gasteiger partial charge is 0.270 e. The molecule has 1 amide bonds. The Morgan fingerprint density at radius 1 is 1.08 bits per heavy atom. The van der Waals surface area contributed by atoms with E-state index >= 15 is 0 Å². The highest BCUT2D eigenvalue weighted by atomic mass is 32.2. The molecule has 2 aromatic rings. The zero-order valence-corrected chi connectivity index (χ0v) is 23.2. The fourth-order valence-electron chi connectivity index (χ4n) is 4.28. The molecule has 37 heavy (non-hydrogen) atoms. The van der Waals surface area contributed by atoms with Gasteiger partial charge in [-0.1, -0.05) is 75.6 Å². The molecule has 0 bridgehead atoms. The number of hydrogen-bond acceptors (Lipinski definition) is 6. The third kappa shape index (κ3) is 6.88. The van der Waals surface area contributed by atoms with Crippen LogP contribution in [-0.4, -0.2) is 26.2 Å². The number of thioether (sulfide) groups is 1. The van der Waals surface area contributed by atoms with Crippen LogP contribution in [0.15, 0.2) is 34.0 Å². The average Bonchev–Trinajstić information content (AvgIpc) is 3.15. The van der Waals surface area contributed by atoms with Gasteiger partial charge < -0.3 is 5.32 Å². The second-order valence-corrected chi connectivity index (χ2v) is 10.7. The fraction of sp³-hybridized carbons (Fsp3) is 0.429. The SMILES string of the molecule is CCCCCCCN1C(=O)/C(=C\c2c(C)c(C#N)c(=O)n(CCC)c2NCc2ccc(F)cc2)SC1=S. The summed E-state index contributed by atoms with van der Waals surface area (Å²) >= 11 is 6.76. The first-order valence-electron chi connectivity index (χ1n) is 12.7. The molecule has 0 atom stereocenters. The summed E-state index contributed by atoms with van der Waals surface area (Å²) in [6.07, 6.45) is 7.84. The van der Waals surface area contributed by atoms with Crippen LogP contribution in [0.4, 0.5) is 10.2 Å². The van der Waals surface area contributed by atoms with Crippen LogP contribution >= 0.6 is 24.0 Å². The number of aromatic nitrogens is 1. The van der Waals surface area contributed by atoms with E-state index < -0.39 is 0 Å². The van der Waals surface area contributed by atoms with Gasteiger partial charge in [0, 0.05) is 25.2 Å². The van der Waals surface area contributed by atoms with E-state index in [1.165, 1.54) is 30.3 Å². The zero-order chi connectivity index (χ0) is 26.9. The number of benzene rings is 1. The lowest BCUT2D eigenvalue weighted by atomic mass is 10.0. The fourth-order valence-corrected chi connectivity index (χ4v) is 5.57. The number of amides is 1. The Morgan fingerprint density at radius 3 is 2.43 bits per heavy atom. The standard InChI is InChI=1S/C28H33FN4O2S2/c1-4-6-7-8-9-15-33-27(35)24(37-28(33)36)16-22-19(3)23(17-30)26(34)32(14-5-2)25(22)31-18-20-10-12-21(29)13-11-20/h10-13,16,31H,4-9,14-15,18H2,1-3H3/b24-16+. The van der Waals surface area contributed by atoms with E-state index in [1.807, 2.05) is 13.0 Å². The number of hydrogen-bond donors (Lipinski definition) is 1. The second kappa shape index (κ2) is 13.5. The molecule has 1 saturated heterocycles. The highest BCUT2D eigenvalue weighted by Crippen LogP contribution is 2.35. The van der Waals surface area contributed by atoms with E-state index in [4.69, 9.17) is 12.2 Å². The summed E-state index contributed by atoms with van der Waals surface area (Å²) < 4.78 is 15.4. The molecular weight excluding hydrogens is 507 g/mol. The van der Waals surface area contributed by atoms with E-state index in [0.29, 0.717) is 52.2 Å². The zero-order valence-electron chi connectivity index (χ0n) is 21.6. The highest BCUT2D eigenvalue weighted by molar-refractivity contribution is 8.26. The second-order valence-electron chi connectivity index (χ2n) is 9.06. The molecule has 1 aliphatic rings. The number of thiocarbonyl (C=S) groups is 1. The van der Waals surface area contributed by atoms with Crippen LogP contribution in [0.2, 0.25) is 0 Å². The molecule has 0 saturated carbocycles. The summed E-state index contributed by atoms with van der Waals surface area (Å²) in [6, 6.07) is 8.16. The molecule has 1 N–H and O–H groups in total. The van der Waals surface area contributed by atoms with Gasteiger partial charge in [-0.3, -0.25) is 19.1 Å². The number of carbonyl (C=O) groups excluding carboxylic acids is 1. The summed E-state index contributed by atoms with van der Waals surface area (Å²) in [6.45, 7) is 7.17. The maximum absolute atomic E-state index is 13.4. The number of nitrogens with one attached hydrogen (secondary N) is 1. The van der Waals surface area contributed by atoms with E-state index in [9.17, 15) is 19.2 Å². The lowest BCUT2D eigenvalue weighted by Crippen LogP contribution is -2.29. The van der Waals surface area contributed by atoms with Crippen LogP contribution < -0.4 is 10.9 Å². The van der Waals surface area contributed by atoms with Crippen LogP contribution in [0.5, 0.6) is 0 Å². The van der Waals surface area contributed by atoms with Crippen LogP contribution in [0.3, 0.4) is 0 Å². The van der Waals surface area contributed by atoms with Crippen molar-refractivity contribution in [3.05, 3.63) is 67.6 Å². The van der Waals surface area contributed by atoms with Crippen LogP contribution in [0, 0.1) is 24.1 Å². The van der Waals surface area contributed by atoms with Gasteiger partial charge in [0.05, 0.1) is 4.91 Å². The molecule has 1 fully saturated rings. The molecule has 2 heterocycles. The summed E-state index contributed by atoms with van der Waals surface area (Å²) in [4.78, 5) is 28.5. The maximum Gasteiger partial charge on any atom is 0.270 e. The van der Waals surface area contributed by atoms with Crippen molar-refractivity contribution >= 4 is 46.1 Å². The molecule has 9 heteroatoms. The Bertz CT molecular complexity index is 1280. The minimum atomic E-state index is -0.375. The van der Waals surface area contributed by atoms with Crippen LogP contribution in [0.1, 0.15) is 74.6 Å². The topological polar surface area (TPSA) is 78.1 Å². The summed E-state index contributed by atoms with van der Waals surface area (Å²) in [5, 5.41) is 13.1. The molecule has 6 nitrogen and oxygen atoms in total. The number of pyridine rings is 1. The van der Waals surface area contributed by atoms with E-state index in [2.05, 4.69) is 12.2 Å². The third-order valence-electron chi connectivity index (χ3n) is 6.33. The van der Waals surface area contributed by atoms with Crippen molar-refractivity contribution in [1.29, 1.82) is 5.26 Å². The van der Waals surface area contributed by atoms with Crippen molar-refractivity contribution in [3.8, 4) is 6.07 Å². The lowest BCUT2D eigenvalue weighted by molar-refractivity contribution is -0.122. The summed E-state index contributed by atoms with van der Waals surface area (Å²) in [5.74, 6) is 0.0487. The van der Waals surface area contributed by atoms with Crippen LogP contribution in [0.25, 0.3) is 6.08 Å². The molecule has 0 unspecified atom stereocenters. The summed E-state index contributed by atoms with van der Waals surface area (Å²) in [7, 11) is 0. The van der Waals surface area contributed by atoms with Crippen LogP contribution in [-0.2, 0) is 17.9 Å².